The van der Waals surface area contributed by atoms with Gasteiger partial charge in [-0.3, -0.25) is 9.80 Å². The minimum absolute atomic E-state index is 0.0493. The summed E-state index contributed by atoms with van der Waals surface area (Å²) in [7, 11) is 3.28. The van der Waals surface area contributed by atoms with E-state index in [-0.39, 0.29) is 5.75 Å². The monoisotopic (exact) mass is 462 g/mol. The molecule has 1 aromatic heterocycles. The van der Waals surface area contributed by atoms with E-state index in [1.165, 1.54) is 28.5 Å². The van der Waals surface area contributed by atoms with Crippen molar-refractivity contribution in [2.45, 2.75) is 39.0 Å². The minimum atomic E-state index is -0.471. The van der Waals surface area contributed by atoms with E-state index in [0.29, 0.717) is 36.5 Å². The number of aromatic hydroxyl groups is 1. The Bertz CT molecular complexity index is 1250. The van der Waals surface area contributed by atoms with E-state index in [9.17, 15) is 9.90 Å². The number of hydrogen-bond acceptors (Lipinski definition) is 7. The number of benzene rings is 2. The van der Waals surface area contributed by atoms with E-state index >= 15 is 0 Å². The predicted molar refractivity (Wildman–Crippen MR) is 128 cm³/mol. The lowest BCUT2D eigenvalue weighted by molar-refractivity contribution is 0.228. The van der Waals surface area contributed by atoms with Crippen LogP contribution in [0, 0.1) is 0 Å². The van der Waals surface area contributed by atoms with Crippen molar-refractivity contribution in [3.63, 3.8) is 0 Å². The second-order valence-corrected chi connectivity index (χ2v) is 9.04. The minimum Gasteiger partial charge on any atom is -0.507 e. The second-order valence-electron chi connectivity index (χ2n) is 9.04. The maximum Gasteiger partial charge on any atom is 0.343 e. The molecule has 0 fully saturated rings. The fraction of sp³-hybridized carbons (Fsp3) is 0.370. The molecular weight excluding hydrogens is 432 g/mol. The summed E-state index contributed by atoms with van der Waals surface area (Å²) in [5, 5.41) is 11.0. The van der Waals surface area contributed by atoms with Crippen molar-refractivity contribution < 1.29 is 19.0 Å². The Morgan fingerprint density at radius 1 is 0.882 bits per heavy atom. The van der Waals surface area contributed by atoms with Gasteiger partial charge in [0.2, 0.25) is 0 Å². The summed E-state index contributed by atoms with van der Waals surface area (Å²) < 4.78 is 16.2. The molecule has 3 heterocycles. The Labute approximate surface area is 199 Å². The Morgan fingerprint density at radius 3 is 2.24 bits per heavy atom. The molecule has 7 heteroatoms. The smallest absolute Gasteiger partial charge is 0.343 e. The highest BCUT2D eigenvalue weighted by atomic mass is 16.5. The van der Waals surface area contributed by atoms with Crippen molar-refractivity contribution in [1.29, 1.82) is 0 Å². The van der Waals surface area contributed by atoms with Crippen molar-refractivity contribution >= 4 is 0 Å². The average Bonchev–Trinajstić information content (AvgIpc) is 2.87. The van der Waals surface area contributed by atoms with Crippen LogP contribution < -0.4 is 15.1 Å². The van der Waals surface area contributed by atoms with E-state index in [4.69, 9.17) is 13.9 Å². The van der Waals surface area contributed by atoms with Gasteiger partial charge in [-0.25, -0.2) is 4.79 Å². The van der Waals surface area contributed by atoms with Crippen LogP contribution in [0.5, 0.6) is 17.2 Å². The number of rotatable bonds is 6. The molecule has 2 aromatic carbocycles. The van der Waals surface area contributed by atoms with Crippen LogP contribution >= 0.6 is 0 Å². The highest BCUT2D eigenvalue weighted by molar-refractivity contribution is 5.48. The zero-order chi connectivity index (χ0) is 23.7. The van der Waals surface area contributed by atoms with E-state index in [1.54, 1.807) is 14.2 Å². The fourth-order valence-corrected chi connectivity index (χ4v) is 5.02. The van der Waals surface area contributed by atoms with E-state index < -0.39 is 5.63 Å². The number of nitrogens with zero attached hydrogens (tertiary/aromatic N) is 2. The summed E-state index contributed by atoms with van der Waals surface area (Å²) >= 11 is 0. The predicted octanol–water partition coefficient (Wildman–Crippen LogP) is 3.48. The molecule has 2 aliphatic rings. The molecule has 1 N–H and O–H groups in total. The third kappa shape index (κ3) is 4.41. The van der Waals surface area contributed by atoms with E-state index in [2.05, 4.69) is 28.0 Å². The van der Waals surface area contributed by atoms with Gasteiger partial charge in [-0.2, -0.15) is 0 Å². The van der Waals surface area contributed by atoms with Crippen LogP contribution in [0.15, 0.2) is 51.9 Å². The van der Waals surface area contributed by atoms with Crippen molar-refractivity contribution in [3.05, 3.63) is 86.5 Å². The van der Waals surface area contributed by atoms with Gasteiger partial charge in [-0.1, -0.05) is 24.3 Å². The normalized spacial score (nSPS) is 16.1. The molecule has 34 heavy (non-hydrogen) atoms. The summed E-state index contributed by atoms with van der Waals surface area (Å²) in [6.07, 6.45) is 3.20. The zero-order valence-corrected chi connectivity index (χ0v) is 19.7. The number of methoxy groups -OCH3 is 2. The molecule has 0 bridgehead atoms. The number of ether oxygens (including phenoxy) is 2. The highest BCUT2D eigenvalue weighted by Crippen LogP contribution is 2.34. The summed E-state index contributed by atoms with van der Waals surface area (Å²) in [6, 6.07) is 12.4. The molecule has 0 aliphatic carbocycles. The lowest BCUT2D eigenvalue weighted by Crippen LogP contribution is -2.32. The first kappa shape index (κ1) is 22.5. The lowest BCUT2D eigenvalue weighted by atomic mass is 9.98. The van der Waals surface area contributed by atoms with Gasteiger partial charge in [0.25, 0.3) is 0 Å². The largest absolute Gasteiger partial charge is 0.507 e. The third-order valence-electron chi connectivity index (χ3n) is 6.93. The maximum atomic E-state index is 12.5. The van der Waals surface area contributed by atoms with Crippen LogP contribution in [0.3, 0.4) is 0 Å². The van der Waals surface area contributed by atoms with Crippen molar-refractivity contribution in [3.8, 4) is 17.2 Å². The van der Waals surface area contributed by atoms with Crippen LogP contribution in [0.2, 0.25) is 0 Å². The molecule has 2 aliphatic heterocycles. The Hall–Kier alpha value is -3.29. The average molecular weight is 463 g/mol. The quantitative estimate of drug-likeness (QED) is 0.601. The Balaban J connectivity index is 1.32. The van der Waals surface area contributed by atoms with Crippen molar-refractivity contribution in [1.82, 2.24) is 9.80 Å². The summed E-state index contributed by atoms with van der Waals surface area (Å²) in [6.45, 7) is 4.02. The molecule has 0 radical (unpaired) electrons. The van der Waals surface area contributed by atoms with Gasteiger partial charge in [0.05, 0.1) is 19.8 Å². The molecule has 0 saturated heterocycles. The fourth-order valence-electron chi connectivity index (χ4n) is 5.02. The number of hydrogen-bond donors (Lipinski definition) is 1. The summed E-state index contributed by atoms with van der Waals surface area (Å²) in [5.41, 5.74) is 5.53. The molecule has 0 saturated carbocycles. The van der Waals surface area contributed by atoms with Gasteiger partial charge < -0.3 is 19.0 Å². The molecule has 0 spiro atoms. The topological polar surface area (TPSA) is 75.4 Å². The number of fused-ring (bicyclic) bond motifs is 2. The van der Waals surface area contributed by atoms with Gasteiger partial charge in [0.15, 0.2) is 11.5 Å². The highest BCUT2D eigenvalue weighted by Gasteiger charge is 2.24. The Kier molecular flexibility index (Phi) is 6.30. The lowest BCUT2D eigenvalue weighted by Gasteiger charge is -2.30. The molecule has 7 nitrogen and oxygen atoms in total. The summed E-state index contributed by atoms with van der Waals surface area (Å²) in [4.78, 5) is 16.9. The third-order valence-corrected chi connectivity index (χ3v) is 6.93. The molecule has 3 aromatic rings. The van der Waals surface area contributed by atoms with Crippen LogP contribution in [0.1, 0.15) is 33.4 Å². The first-order valence-corrected chi connectivity index (χ1v) is 11.6. The van der Waals surface area contributed by atoms with Gasteiger partial charge in [-0.05, 0) is 47.2 Å². The van der Waals surface area contributed by atoms with Crippen LogP contribution in [-0.4, -0.2) is 42.2 Å². The van der Waals surface area contributed by atoms with Gasteiger partial charge in [0, 0.05) is 44.8 Å². The van der Waals surface area contributed by atoms with Gasteiger partial charge >= 0.3 is 5.63 Å². The molecule has 178 valence electrons. The van der Waals surface area contributed by atoms with Crippen molar-refractivity contribution in [2.24, 2.45) is 0 Å². The first-order chi connectivity index (χ1) is 16.6. The molecule has 0 unspecified atom stereocenters. The van der Waals surface area contributed by atoms with Crippen LogP contribution in [0.4, 0.5) is 0 Å². The van der Waals surface area contributed by atoms with Crippen LogP contribution in [0.25, 0.3) is 0 Å². The second kappa shape index (κ2) is 9.52. The van der Waals surface area contributed by atoms with Gasteiger partial charge in [-0.15, -0.1) is 0 Å². The standard InChI is InChI=1S/C27H30N2O5/c1-32-24-11-19-8-10-28(14-21(19)12-25(24)33-2)15-22-17-34-27(31)23(26(22)30)16-29-9-7-18-5-3-4-6-20(18)13-29/h3-6,11-12,17,30H,7-10,13-16H2,1-2H3. The maximum absolute atomic E-state index is 12.5. The van der Waals surface area contributed by atoms with E-state index in [1.807, 2.05) is 18.2 Å². The zero-order valence-electron chi connectivity index (χ0n) is 19.7. The summed E-state index contributed by atoms with van der Waals surface area (Å²) in [5.74, 6) is 1.50. The van der Waals surface area contributed by atoms with Gasteiger partial charge in [0.1, 0.15) is 12.0 Å². The molecular formula is C27H30N2O5. The van der Waals surface area contributed by atoms with Crippen LogP contribution in [-0.2, 0) is 39.0 Å². The molecule has 5 rings (SSSR count). The Morgan fingerprint density at radius 2 is 1.50 bits per heavy atom. The van der Waals surface area contributed by atoms with E-state index in [0.717, 1.165) is 38.2 Å². The SMILES string of the molecule is COc1cc2c(cc1OC)CN(Cc1coc(=O)c(CN3CCc4ccccc4C3)c1O)CC2. The molecule has 0 atom stereocenters. The first-order valence-electron chi connectivity index (χ1n) is 11.6. The molecule has 0 amide bonds. The van der Waals surface area contributed by atoms with Crippen molar-refractivity contribution in [2.75, 3.05) is 27.3 Å².